The van der Waals surface area contributed by atoms with Gasteiger partial charge in [-0.25, -0.2) is 13.4 Å². The van der Waals surface area contributed by atoms with E-state index in [2.05, 4.69) is 14.6 Å². The lowest BCUT2D eigenvalue weighted by molar-refractivity contribution is 0.0664. The molecule has 0 spiro atoms. The van der Waals surface area contributed by atoms with Crippen molar-refractivity contribution in [1.29, 1.82) is 0 Å². The van der Waals surface area contributed by atoms with Gasteiger partial charge in [-0.3, -0.25) is 9.52 Å². The quantitative estimate of drug-likeness (QED) is 0.660. The number of sulfonamides is 1. The van der Waals surface area contributed by atoms with Crippen LogP contribution in [0.5, 0.6) is 0 Å². The molecule has 0 saturated carbocycles. The summed E-state index contributed by atoms with van der Waals surface area (Å²) in [5.74, 6) is -0.0169. The highest BCUT2D eigenvalue weighted by atomic mass is 35.5. The molecule has 0 aliphatic carbocycles. The molecule has 3 aromatic rings. The normalized spacial score (nSPS) is 15.6. The summed E-state index contributed by atoms with van der Waals surface area (Å²) in [6.45, 7) is 3.10. The minimum atomic E-state index is -3.77. The Morgan fingerprint density at radius 2 is 1.79 bits per heavy atom. The van der Waals surface area contributed by atoms with Crippen molar-refractivity contribution in [2.75, 3.05) is 37.9 Å². The van der Waals surface area contributed by atoms with Gasteiger partial charge < -0.3 is 9.80 Å². The van der Waals surface area contributed by atoms with Crippen molar-refractivity contribution in [2.45, 2.75) is 4.90 Å². The zero-order valence-corrected chi connectivity index (χ0v) is 18.0. The number of nitrogens with zero attached hydrogens (tertiary/aromatic N) is 3. The molecule has 29 heavy (non-hydrogen) atoms. The van der Waals surface area contributed by atoms with Crippen molar-refractivity contribution < 1.29 is 13.2 Å². The van der Waals surface area contributed by atoms with Crippen molar-refractivity contribution in [2.24, 2.45) is 0 Å². The Balaban J connectivity index is 1.55. The fourth-order valence-corrected chi connectivity index (χ4v) is 5.35. The van der Waals surface area contributed by atoms with E-state index in [-0.39, 0.29) is 15.9 Å². The second-order valence-electron chi connectivity index (χ2n) is 6.86. The summed E-state index contributed by atoms with van der Waals surface area (Å²) in [5, 5.41) is 0.709. The smallest absolute Gasteiger partial charge is 0.263 e. The number of fused-ring (bicyclic) bond motifs is 1. The molecule has 0 unspecified atom stereocenters. The van der Waals surface area contributed by atoms with E-state index >= 15 is 0 Å². The van der Waals surface area contributed by atoms with Gasteiger partial charge in [-0.15, -0.1) is 0 Å². The topological polar surface area (TPSA) is 82.6 Å². The number of nitrogens with one attached hydrogen (secondary N) is 1. The number of aromatic nitrogens is 1. The van der Waals surface area contributed by atoms with Crippen molar-refractivity contribution in [3.05, 3.63) is 53.1 Å². The molecule has 1 aliphatic rings. The van der Waals surface area contributed by atoms with Gasteiger partial charge in [-0.2, -0.15) is 0 Å². The number of rotatable bonds is 4. The first-order chi connectivity index (χ1) is 13.8. The summed E-state index contributed by atoms with van der Waals surface area (Å²) in [7, 11) is -1.73. The number of halogens is 1. The molecule has 0 atom stereocenters. The van der Waals surface area contributed by atoms with Crippen LogP contribution >= 0.6 is 22.9 Å². The highest BCUT2D eigenvalue weighted by molar-refractivity contribution is 7.93. The highest BCUT2D eigenvalue weighted by Crippen LogP contribution is 2.29. The number of likely N-dealkylation sites (N-methyl/N-ethyl adjacent to an activating group) is 1. The third-order valence-electron chi connectivity index (χ3n) is 4.77. The predicted molar refractivity (Wildman–Crippen MR) is 115 cm³/mol. The van der Waals surface area contributed by atoms with E-state index in [1.165, 1.54) is 35.6 Å². The second-order valence-corrected chi connectivity index (χ2v) is 10.0. The van der Waals surface area contributed by atoms with E-state index in [1.54, 1.807) is 18.2 Å². The lowest BCUT2D eigenvalue weighted by atomic mass is 10.1. The van der Waals surface area contributed by atoms with Gasteiger partial charge in [0.05, 0.1) is 15.1 Å². The molecule has 1 aliphatic heterocycles. The van der Waals surface area contributed by atoms with Gasteiger partial charge in [0.25, 0.3) is 15.9 Å². The van der Waals surface area contributed by atoms with E-state index < -0.39 is 10.0 Å². The Bertz CT molecular complexity index is 1150. The lowest BCUT2D eigenvalue weighted by Crippen LogP contribution is -2.47. The van der Waals surface area contributed by atoms with Crippen LogP contribution in [0.15, 0.2) is 47.4 Å². The van der Waals surface area contributed by atoms with Crippen LogP contribution in [0.2, 0.25) is 5.02 Å². The largest absolute Gasteiger partial charge is 0.336 e. The highest BCUT2D eigenvalue weighted by Gasteiger charge is 2.21. The summed E-state index contributed by atoms with van der Waals surface area (Å²) in [6, 6.07) is 11.2. The monoisotopic (exact) mass is 450 g/mol. The standard InChI is InChI=1S/C19H19ClN4O3S2/c1-23-8-10-24(11-9-23)18(25)13-2-7-16-17(12-13)28-19(21-16)22-29(26,27)15-5-3-14(20)4-6-15/h2-7,12H,8-11H2,1H3,(H,21,22). The second kappa shape index (κ2) is 7.91. The maximum absolute atomic E-state index is 12.8. The minimum absolute atomic E-state index is 0.0169. The van der Waals surface area contributed by atoms with E-state index in [0.717, 1.165) is 17.8 Å². The van der Waals surface area contributed by atoms with Gasteiger partial charge in [0.2, 0.25) is 0 Å². The number of piperazine rings is 1. The summed E-state index contributed by atoms with van der Waals surface area (Å²) in [4.78, 5) is 21.2. The Hall–Kier alpha value is -2.20. The molecule has 0 radical (unpaired) electrons. The number of hydrogen-bond acceptors (Lipinski definition) is 6. The van der Waals surface area contributed by atoms with Crippen molar-refractivity contribution in [1.82, 2.24) is 14.8 Å². The summed E-state index contributed by atoms with van der Waals surface area (Å²) in [6.07, 6.45) is 0. The van der Waals surface area contributed by atoms with Crippen LogP contribution < -0.4 is 4.72 Å². The molecule has 2 heterocycles. The third kappa shape index (κ3) is 4.37. The number of anilines is 1. The SMILES string of the molecule is CN1CCN(C(=O)c2ccc3nc(NS(=O)(=O)c4ccc(Cl)cc4)sc3c2)CC1. The molecular formula is C19H19ClN4O3S2. The van der Waals surface area contributed by atoms with Gasteiger partial charge >= 0.3 is 0 Å². The zero-order chi connectivity index (χ0) is 20.6. The number of carbonyl (C=O) groups excluding carboxylic acids is 1. The number of thiazole rings is 1. The van der Waals surface area contributed by atoms with E-state index in [0.29, 0.717) is 29.2 Å². The van der Waals surface area contributed by atoms with Crippen LogP contribution in [-0.2, 0) is 10.0 Å². The van der Waals surface area contributed by atoms with Crippen LogP contribution in [-0.4, -0.2) is 62.3 Å². The summed E-state index contributed by atoms with van der Waals surface area (Å²) < 4.78 is 28.3. The predicted octanol–water partition coefficient (Wildman–Crippen LogP) is 3.14. The molecule has 1 amide bonds. The third-order valence-corrected chi connectivity index (χ3v) is 7.44. The van der Waals surface area contributed by atoms with Crippen molar-refractivity contribution >= 4 is 54.2 Å². The van der Waals surface area contributed by atoms with Gasteiger partial charge in [-0.1, -0.05) is 22.9 Å². The fourth-order valence-electron chi connectivity index (χ4n) is 3.08. The lowest BCUT2D eigenvalue weighted by Gasteiger charge is -2.32. The number of benzene rings is 2. The number of amides is 1. The first-order valence-electron chi connectivity index (χ1n) is 8.99. The molecule has 10 heteroatoms. The molecule has 1 saturated heterocycles. The van der Waals surface area contributed by atoms with Gasteiger partial charge in [0, 0.05) is 36.8 Å². The van der Waals surface area contributed by atoms with E-state index in [4.69, 9.17) is 11.6 Å². The van der Waals surface area contributed by atoms with Gasteiger partial charge in [0.15, 0.2) is 5.13 Å². The number of hydrogen-bond donors (Lipinski definition) is 1. The average molecular weight is 451 g/mol. The van der Waals surface area contributed by atoms with E-state index in [9.17, 15) is 13.2 Å². The molecule has 1 N–H and O–H groups in total. The Kier molecular flexibility index (Phi) is 5.48. The minimum Gasteiger partial charge on any atom is -0.336 e. The van der Waals surface area contributed by atoms with Crippen LogP contribution in [0.25, 0.3) is 10.2 Å². The van der Waals surface area contributed by atoms with Crippen LogP contribution in [0, 0.1) is 0 Å². The molecule has 0 bridgehead atoms. The molecular weight excluding hydrogens is 432 g/mol. The molecule has 7 nitrogen and oxygen atoms in total. The zero-order valence-electron chi connectivity index (χ0n) is 15.6. The maximum atomic E-state index is 12.8. The van der Waals surface area contributed by atoms with Crippen LogP contribution in [0.4, 0.5) is 5.13 Å². The van der Waals surface area contributed by atoms with E-state index in [1.807, 2.05) is 11.9 Å². The first kappa shape index (κ1) is 20.1. The van der Waals surface area contributed by atoms with Gasteiger partial charge in [-0.05, 0) is 49.5 Å². The van der Waals surface area contributed by atoms with Crippen LogP contribution in [0.3, 0.4) is 0 Å². The molecule has 152 valence electrons. The number of carbonyl (C=O) groups is 1. The van der Waals surface area contributed by atoms with Gasteiger partial charge in [0.1, 0.15) is 0 Å². The van der Waals surface area contributed by atoms with Crippen molar-refractivity contribution in [3.63, 3.8) is 0 Å². The molecule has 1 fully saturated rings. The molecule has 4 rings (SSSR count). The Morgan fingerprint density at radius 3 is 2.48 bits per heavy atom. The Labute approximate surface area is 178 Å². The average Bonchev–Trinajstić information content (AvgIpc) is 3.09. The van der Waals surface area contributed by atoms with Crippen LogP contribution in [0.1, 0.15) is 10.4 Å². The summed E-state index contributed by atoms with van der Waals surface area (Å²) >= 11 is 7.01. The molecule has 2 aromatic carbocycles. The molecule has 1 aromatic heterocycles. The van der Waals surface area contributed by atoms with Crippen molar-refractivity contribution in [3.8, 4) is 0 Å². The fraction of sp³-hybridized carbons (Fsp3) is 0.263. The Morgan fingerprint density at radius 1 is 1.10 bits per heavy atom. The maximum Gasteiger partial charge on any atom is 0.263 e. The first-order valence-corrected chi connectivity index (χ1v) is 11.7. The summed E-state index contributed by atoms with van der Waals surface area (Å²) in [5.41, 5.74) is 1.22.